The summed E-state index contributed by atoms with van der Waals surface area (Å²) in [7, 11) is -3.37. The summed E-state index contributed by atoms with van der Waals surface area (Å²) in [4.78, 5) is 0.334. The highest BCUT2D eigenvalue weighted by Crippen LogP contribution is 2.19. The molecule has 0 aromatic carbocycles. The van der Waals surface area contributed by atoms with Crippen molar-refractivity contribution < 1.29 is 8.42 Å². The number of hydrogen-bond donors (Lipinski definition) is 1. The fourth-order valence-corrected chi connectivity index (χ4v) is 3.63. The summed E-state index contributed by atoms with van der Waals surface area (Å²) in [5.74, 6) is 0. The molecule has 0 unspecified atom stereocenters. The highest BCUT2D eigenvalue weighted by Gasteiger charge is 2.29. The summed E-state index contributed by atoms with van der Waals surface area (Å²) in [6.07, 6.45) is 1.45. The van der Waals surface area contributed by atoms with E-state index in [2.05, 4.69) is 10.4 Å². The largest absolute Gasteiger partial charge is 0.314 e. The molecular formula is C10H18N4O2S. The molecule has 2 rings (SSSR count). The molecule has 1 aliphatic heterocycles. The van der Waals surface area contributed by atoms with Crippen molar-refractivity contribution in [2.24, 2.45) is 0 Å². The Labute approximate surface area is 102 Å². The summed E-state index contributed by atoms with van der Waals surface area (Å²) in [6, 6.07) is 0. The van der Waals surface area contributed by atoms with Crippen LogP contribution in [0.2, 0.25) is 0 Å². The monoisotopic (exact) mass is 258 g/mol. The standard InChI is InChI=1S/C10H18N4O2S/c1-3-14-9(2)10(8-12-14)17(15,16)13-6-4-11-5-7-13/h8,11H,3-7H2,1-2H3. The third kappa shape index (κ3) is 2.22. The van der Waals surface area contributed by atoms with Gasteiger partial charge in [0.15, 0.2) is 0 Å². The minimum atomic E-state index is -3.37. The Morgan fingerprint density at radius 2 is 2.06 bits per heavy atom. The van der Waals surface area contributed by atoms with Gasteiger partial charge < -0.3 is 5.32 Å². The maximum atomic E-state index is 12.4. The van der Waals surface area contributed by atoms with Gasteiger partial charge in [0.1, 0.15) is 4.90 Å². The second kappa shape index (κ2) is 4.75. The van der Waals surface area contributed by atoms with Crippen molar-refractivity contribution in [3.63, 3.8) is 0 Å². The SMILES string of the molecule is CCn1ncc(S(=O)(=O)N2CCNCC2)c1C. The minimum Gasteiger partial charge on any atom is -0.314 e. The van der Waals surface area contributed by atoms with Crippen molar-refractivity contribution >= 4 is 10.0 Å². The molecular weight excluding hydrogens is 240 g/mol. The molecule has 1 aromatic rings. The molecule has 1 aromatic heterocycles. The predicted octanol–water partition coefficient (Wildman–Crippen LogP) is -0.195. The van der Waals surface area contributed by atoms with Crippen LogP contribution in [0.3, 0.4) is 0 Å². The van der Waals surface area contributed by atoms with Crippen molar-refractivity contribution in [3.05, 3.63) is 11.9 Å². The molecule has 2 heterocycles. The van der Waals surface area contributed by atoms with E-state index in [0.29, 0.717) is 43.3 Å². The highest BCUT2D eigenvalue weighted by molar-refractivity contribution is 7.89. The number of piperazine rings is 1. The molecule has 0 aliphatic carbocycles. The zero-order valence-corrected chi connectivity index (χ0v) is 11.0. The average molecular weight is 258 g/mol. The molecule has 0 atom stereocenters. The van der Waals surface area contributed by atoms with Crippen LogP contribution in [0.5, 0.6) is 0 Å². The van der Waals surface area contributed by atoms with Crippen LogP contribution >= 0.6 is 0 Å². The van der Waals surface area contributed by atoms with E-state index in [4.69, 9.17) is 0 Å². The van der Waals surface area contributed by atoms with Gasteiger partial charge in [-0.25, -0.2) is 8.42 Å². The number of nitrogens with one attached hydrogen (secondary N) is 1. The van der Waals surface area contributed by atoms with Crippen LogP contribution < -0.4 is 5.32 Å². The van der Waals surface area contributed by atoms with Gasteiger partial charge in [0, 0.05) is 32.7 Å². The number of hydrogen-bond acceptors (Lipinski definition) is 4. The molecule has 0 radical (unpaired) electrons. The van der Waals surface area contributed by atoms with Gasteiger partial charge in [-0.05, 0) is 13.8 Å². The Balaban J connectivity index is 2.33. The maximum Gasteiger partial charge on any atom is 0.246 e. The van der Waals surface area contributed by atoms with Gasteiger partial charge in [-0.15, -0.1) is 0 Å². The third-order valence-electron chi connectivity index (χ3n) is 3.05. The van der Waals surface area contributed by atoms with Gasteiger partial charge in [0.25, 0.3) is 0 Å². The molecule has 7 heteroatoms. The Morgan fingerprint density at radius 1 is 1.41 bits per heavy atom. The number of rotatable bonds is 3. The number of nitrogens with zero attached hydrogens (tertiary/aromatic N) is 3. The van der Waals surface area contributed by atoms with E-state index in [0.717, 1.165) is 0 Å². The van der Waals surface area contributed by atoms with Crippen molar-refractivity contribution in [1.82, 2.24) is 19.4 Å². The fourth-order valence-electron chi connectivity index (χ4n) is 2.03. The lowest BCUT2D eigenvalue weighted by molar-refractivity contribution is 0.360. The van der Waals surface area contributed by atoms with Gasteiger partial charge in [-0.2, -0.15) is 9.40 Å². The minimum absolute atomic E-state index is 0.334. The highest BCUT2D eigenvalue weighted by atomic mass is 32.2. The van der Waals surface area contributed by atoms with E-state index < -0.39 is 10.0 Å². The lowest BCUT2D eigenvalue weighted by Crippen LogP contribution is -2.46. The summed E-state index contributed by atoms with van der Waals surface area (Å²) >= 11 is 0. The second-order valence-corrected chi connectivity index (χ2v) is 5.97. The summed E-state index contributed by atoms with van der Waals surface area (Å²) in [5.41, 5.74) is 0.714. The quantitative estimate of drug-likeness (QED) is 0.815. The number of sulfonamides is 1. The molecule has 0 spiro atoms. The first-order valence-corrected chi connectivity index (χ1v) is 7.24. The molecule has 0 bridgehead atoms. The summed E-state index contributed by atoms with van der Waals surface area (Å²) < 4.78 is 28.0. The van der Waals surface area contributed by atoms with E-state index in [1.165, 1.54) is 10.5 Å². The van der Waals surface area contributed by atoms with Crippen LogP contribution in [0, 0.1) is 6.92 Å². The molecule has 17 heavy (non-hydrogen) atoms. The second-order valence-electron chi connectivity index (χ2n) is 4.06. The van der Waals surface area contributed by atoms with E-state index in [9.17, 15) is 8.42 Å². The van der Waals surface area contributed by atoms with Crippen LogP contribution in [0.25, 0.3) is 0 Å². The van der Waals surface area contributed by atoms with E-state index in [-0.39, 0.29) is 0 Å². The maximum absolute atomic E-state index is 12.4. The third-order valence-corrected chi connectivity index (χ3v) is 5.05. The first kappa shape index (κ1) is 12.5. The Hall–Kier alpha value is -0.920. The summed E-state index contributed by atoms with van der Waals surface area (Å²) in [5, 5.41) is 7.23. The van der Waals surface area contributed by atoms with Crippen molar-refractivity contribution in [3.8, 4) is 0 Å². The van der Waals surface area contributed by atoms with Crippen LogP contribution in [0.1, 0.15) is 12.6 Å². The first-order valence-electron chi connectivity index (χ1n) is 5.80. The smallest absolute Gasteiger partial charge is 0.246 e. The Bertz CT molecular complexity index is 488. The predicted molar refractivity (Wildman–Crippen MR) is 64.3 cm³/mol. The lowest BCUT2D eigenvalue weighted by Gasteiger charge is -2.26. The van der Waals surface area contributed by atoms with Gasteiger partial charge in [0.05, 0.1) is 11.9 Å². The lowest BCUT2D eigenvalue weighted by atomic mass is 10.4. The van der Waals surface area contributed by atoms with E-state index >= 15 is 0 Å². The molecule has 0 amide bonds. The molecule has 6 nitrogen and oxygen atoms in total. The van der Waals surface area contributed by atoms with Gasteiger partial charge in [0.2, 0.25) is 10.0 Å². The van der Waals surface area contributed by atoms with E-state index in [1.54, 1.807) is 11.6 Å². The Kier molecular flexibility index (Phi) is 3.50. The van der Waals surface area contributed by atoms with Gasteiger partial charge in [-0.1, -0.05) is 0 Å². The topological polar surface area (TPSA) is 67.2 Å². The van der Waals surface area contributed by atoms with Crippen molar-refractivity contribution in [2.45, 2.75) is 25.3 Å². The zero-order valence-electron chi connectivity index (χ0n) is 10.2. The van der Waals surface area contributed by atoms with Crippen molar-refractivity contribution in [1.29, 1.82) is 0 Å². The summed E-state index contributed by atoms with van der Waals surface area (Å²) in [6.45, 7) is 6.90. The average Bonchev–Trinajstić information content (AvgIpc) is 2.72. The zero-order chi connectivity index (χ0) is 12.5. The van der Waals surface area contributed by atoms with E-state index in [1.807, 2.05) is 6.92 Å². The molecule has 1 aliphatic rings. The molecule has 0 saturated carbocycles. The van der Waals surface area contributed by atoms with Crippen LogP contribution in [0.4, 0.5) is 0 Å². The molecule has 1 saturated heterocycles. The van der Waals surface area contributed by atoms with Crippen LogP contribution in [-0.4, -0.2) is 48.7 Å². The van der Waals surface area contributed by atoms with Crippen molar-refractivity contribution in [2.75, 3.05) is 26.2 Å². The molecule has 1 N–H and O–H groups in total. The van der Waals surface area contributed by atoms with Crippen LogP contribution in [0.15, 0.2) is 11.1 Å². The number of aromatic nitrogens is 2. The molecule has 1 fully saturated rings. The van der Waals surface area contributed by atoms with Gasteiger partial charge >= 0.3 is 0 Å². The normalized spacial score (nSPS) is 18.5. The van der Waals surface area contributed by atoms with Gasteiger partial charge in [-0.3, -0.25) is 4.68 Å². The number of aryl methyl sites for hydroxylation is 1. The Morgan fingerprint density at radius 3 is 2.59 bits per heavy atom. The molecule has 96 valence electrons. The first-order chi connectivity index (χ1) is 8.07. The fraction of sp³-hybridized carbons (Fsp3) is 0.700. The van der Waals surface area contributed by atoms with Crippen LogP contribution in [-0.2, 0) is 16.6 Å².